The van der Waals surface area contributed by atoms with Crippen LogP contribution in [0.15, 0.2) is 35.3 Å². The summed E-state index contributed by atoms with van der Waals surface area (Å²) in [5.41, 5.74) is 22.8. The first-order valence-corrected chi connectivity index (χ1v) is 15.6. The zero-order valence-electron chi connectivity index (χ0n) is 27.5. The van der Waals surface area contributed by atoms with Gasteiger partial charge in [-0.05, 0) is 49.5 Å². The molecule has 47 heavy (non-hydrogen) atoms. The van der Waals surface area contributed by atoms with Crippen molar-refractivity contribution >= 4 is 41.5 Å². The molecular formula is C31H51N9O7. The molecule has 5 atom stereocenters. The molecule has 262 valence electrons. The molecule has 0 radical (unpaired) electrons. The van der Waals surface area contributed by atoms with E-state index in [-0.39, 0.29) is 56.4 Å². The van der Waals surface area contributed by atoms with E-state index in [2.05, 4.69) is 26.3 Å². The Morgan fingerprint density at radius 3 is 1.66 bits per heavy atom. The number of amides is 5. The van der Waals surface area contributed by atoms with Crippen LogP contribution in [0.4, 0.5) is 0 Å². The van der Waals surface area contributed by atoms with Gasteiger partial charge >= 0.3 is 5.97 Å². The number of benzene rings is 1. The van der Waals surface area contributed by atoms with Crippen molar-refractivity contribution in [1.82, 2.24) is 21.3 Å². The molecular weight excluding hydrogens is 610 g/mol. The maximum absolute atomic E-state index is 13.6. The number of hydrogen-bond donors (Lipinski definition) is 9. The molecule has 1 aromatic carbocycles. The molecule has 0 fully saturated rings. The van der Waals surface area contributed by atoms with E-state index >= 15 is 0 Å². The van der Waals surface area contributed by atoms with Crippen LogP contribution in [0, 0.1) is 11.8 Å². The second-order valence-electron chi connectivity index (χ2n) is 12.3. The molecule has 13 N–H and O–H groups in total. The van der Waals surface area contributed by atoms with Gasteiger partial charge in [-0.2, -0.15) is 0 Å². The maximum atomic E-state index is 13.6. The molecule has 16 nitrogen and oxygen atoms in total. The zero-order valence-corrected chi connectivity index (χ0v) is 27.5. The van der Waals surface area contributed by atoms with Gasteiger partial charge in [0, 0.05) is 6.54 Å². The minimum Gasteiger partial charge on any atom is -0.480 e. The summed E-state index contributed by atoms with van der Waals surface area (Å²) in [7, 11) is 0. The highest BCUT2D eigenvalue weighted by molar-refractivity contribution is 5.96. The lowest BCUT2D eigenvalue weighted by Crippen LogP contribution is -2.59. The fourth-order valence-corrected chi connectivity index (χ4v) is 4.64. The highest BCUT2D eigenvalue weighted by Gasteiger charge is 2.32. The number of primary amides is 1. The normalized spacial score (nSPS) is 14.2. The Morgan fingerprint density at radius 1 is 0.723 bits per heavy atom. The average molecular weight is 662 g/mol. The molecule has 0 bridgehead atoms. The molecule has 16 heteroatoms. The van der Waals surface area contributed by atoms with Crippen LogP contribution >= 0.6 is 0 Å². The standard InChI is InChI=1S/C31H51N9O7/c1-17(2)13-22(38-26(42)20(32)15-19-9-6-5-7-10-19)29(45)39-23(14-18(3)4)28(44)37-21(11-8-12-36-31(34)35)27(43)40-24(30(46)47)16-25(33)41/h5-7,9-10,17-18,20-24H,8,11-16,32H2,1-4H3,(H2,33,41)(H,37,44)(H,38,42)(H,39,45)(H,40,43)(H,46,47)(H4,34,35,36). The fraction of sp³-hybridized carbons (Fsp3) is 0.581. The van der Waals surface area contributed by atoms with E-state index in [1.807, 2.05) is 58.0 Å². The lowest BCUT2D eigenvalue weighted by Gasteiger charge is -2.27. The van der Waals surface area contributed by atoms with Crippen molar-refractivity contribution in [2.45, 2.75) is 96.4 Å². The number of nitrogens with two attached hydrogens (primary N) is 4. The summed E-state index contributed by atoms with van der Waals surface area (Å²) in [6, 6.07) is 3.24. The van der Waals surface area contributed by atoms with Crippen LogP contribution in [0.5, 0.6) is 0 Å². The predicted octanol–water partition coefficient (Wildman–Crippen LogP) is -1.40. The largest absolute Gasteiger partial charge is 0.480 e. The van der Waals surface area contributed by atoms with Crippen molar-refractivity contribution in [1.29, 1.82) is 0 Å². The van der Waals surface area contributed by atoms with Crippen LogP contribution < -0.4 is 44.2 Å². The first-order chi connectivity index (χ1) is 22.0. The number of carboxylic acid groups (broad SMARTS) is 1. The molecule has 0 aromatic heterocycles. The third-order valence-electron chi connectivity index (χ3n) is 6.91. The van der Waals surface area contributed by atoms with E-state index in [9.17, 15) is 33.9 Å². The summed E-state index contributed by atoms with van der Waals surface area (Å²) < 4.78 is 0. The Labute approximate surface area is 275 Å². The Kier molecular flexibility index (Phi) is 17.5. The Bertz CT molecular complexity index is 1240. The second kappa shape index (κ2) is 20.4. The highest BCUT2D eigenvalue weighted by Crippen LogP contribution is 2.11. The van der Waals surface area contributed by atoms with Gasteiger partial charge in [-0.1, -0.05) is 58.0 Å². The summed E-state index contributed by atoms with van der Waals surface area (Å²) in [6.45, 7) is 7.54. The summed E-state index contributed by atoms with van der Waals surface area (Å²) in [5, 5.41) is 19.7. The summed E-state index contributed by atoms with van der Waals surface area (Å²) >= 11 is 0. The molecule has 0 aliphatic carbocycles. The Balaban J connectivity index is 3.16. The van der Waals surface area contributed by atoms with Crippen LogP contribution in [0.1, 0.15) is 65.4 Å². The van der Waals surface area contributed by atoms with Crippen molar-refractivity contribution < 1.29 is 33.9 Å². The zero-order chi connectivity index (χ0) is 35.7. The number of rotatable bonds is 21. The van der Waals surface area contributed by atoms with E-state index in [0.717, 1.165) is 5.56 Å². The third-order valence-corrected chi connectivity index (χ3v) is 6.91. The molecule has 1 aromatic rings. The minimum atomic E-state index is -1.63. The lowest BCUT2D eigenvalue weighted by molar-refractivity contribution is -0.143. The van der Waals surface area contributed by atoms with Crippen molar-refractivity contribution in [2.24, 2.45) is 39.8 Å². The van der Waals surface area contributed by atoms with Gasteiger partial charge < -0.3 is 49.3 Å². The highest BCUT2D eigenvalue weighted by atomic mass is 16.4. The van der Waals surface area contributed by atoms with E-state index in [1.165, 1.54) is 0 Å². The molecule has 1 rings (SSSR count). The molecule has 5 unspecified atom stereocenters. The van der Waals surface area contributed by atoms with E-state index in [1.54, 1.807) is 0 Å². The van der Waals surface area contributed by atoms with Crippen LogP contribution in [0.25, 0.3) is 0 Å². The number of aliphatic imine (C=N–C) groups is 1. The molecule has 0 spiro atoms. The number of carbonyl (C=O) groups is 6. The number of guanidine groups is 1. The summed E-state index contributed by atoms with van der Waals surface area (Å²) in [6.07, 6.45) is 0.241. The SMILES string of the molecule is CC(C)CC(NC(=O)C(N)Cc1ccccc1)C(=O)NC(CC(C)C)C(=O)NC(CCCN=C(N)N)C(=O)NC(CC(N)=O)C(=O)O. The van der Waals surface area contributed by atoms with Gasteiger partial charge in [0.15, 0.2) is 5.96 Å². The quantitative estimate of drug-likeness (QED) is 0.0422. The molecule has 0 saturated carbocycles. The van der Waals surface area contributed by atoms with Crippen molar-refractivity contribution in [3.05, 3.63) is 35.9 Å². The van der Waals surface area contributed by atoms with Crippen molar-refractivity contribution in [3.63, 3.8) is 0 Å². The van der Waals surface area contributed by atoms with Crippen LogP contribution in [-0.2, 0) is 35.2 Å². The summed E-state index contributed by atoms with van der Waals surface area (Å²) in [4.78, 5) is 80.1. The first-order valence-electron chi connectivity index (χ1n) is 15.6. The Hall–Kier alpha value is -4.73. The number of aliphatic carboxylic acids is 1. The second-order valence-corrected chi connectivity index (χ2v) is 12.3. The van der Waals surface area contributed by atoms with Gasteiger partial charge in [-0.3, -0.25) is 29.0 Å². The lowest BCUT2D eigenvalue weighted by atomic mass is 9.99. The molecule has 5 amide bonds. The maximum Gasteiger partial charge on any atom is 0.326 e. The van der Waals surface area contributed by atoms with Gasteiger partial charge in [0.25, 0.3) is 0 Å². The van der Waals surface area contributed by atoms with Crippen LogP contribution in [-0.4, -0.2) is 83.3 Å². The Morgan fingerprint density at radius 2 is 1.19 bits per heavy atom. The van der Waals surface area contributed by atoms with E-state index in [4.69, 9.17) is 22.9 Å². The average Bonchev–Trinajstić information content (AvgIpc) is 2.96. The fourth-order valence-electron chi connectivity index (χ4n) is 4.64. The van der Waals surface area contributed by atoms with Gasteiger partial charge in [-0.15, -0.1) is 0 Å². The van der Waals surface area contributed by atoms with Gasteiger partial charge in [0.1, 0.15) is 24.2 Å². The van der Waals surface area contributed by atoms with Crippen LogP contribution in [0.3, 0.4) is 0 Å². The number of carboxylic acids is 1. The third kappa shape index (κ3) is 16.4. The van der Waals surface area contributed by atoms with Crippen molar-refractivity contribution in [3.8, 4) is 0 Å². The predicted molar refractivity (Wildman–Crippen MR) is 176 cm³/mol. The van der Waals surface area contributed by atoms with E-state index < -0.39 is 72.1 Å². The summed E-state index contributed by atoms with van der Waals surface area (Å²) in [5.74, 6) is -5.44. The molecule has 0 heterocycles. The van der Waals surface area contributed by atoms with Gasteiger partial charge in [0.2, 0.25) is 29.5 Å². The smallest absolute Gasteiger partial charge is 0.326 e. The first kappa shape index (κ1) is 40.3. The van der Waals surface area contributed by atoms with Gasteiger partial charge in [0.05, 0.1) is 12.5 Å². The number of nitrogens with zero attached hydrogens (tertiary/aromatic N) is 1. The number of hydrogen-bond acceptors (Lipinski definition) is 8. The molecule has 0 aliphatic rings. The topological polar surface area (TPSA) is 287 Å². The van der Waals surface area contributed by atoms with Crippen molar-refractivity contribution in [2.75, 3.05) is 6.54 Å². The van der Waals surface area contributed by atoms with Crippen LogP contribution in [0.2, 0.25) is 0 Å². The number of carbonyl (C=O) groups excluding carboxylic acids is 5. The minimum absolute atomic E-state index is 0.00495. The molecule has 0 aliphatic heterocycles. The monoisotopic (exact) mass is 661 g/mol. The van der Waals surface area contributed by atoms with E-state index in [0.29, 0.717) is 0 Å². The van der Waals surface area contributed by atoms with Gasteiger partial charge in [-0.25, -0.2) is 4.79 Å². The molecule has 0 saturated heterocycles. The number of nitrogens with one attached hydrogen (secondary N) is 4.